The molecule has 0 radical (unpaired) electrons. The van der Waals surface area contributed by atoms with Crippen molar-refractivity contribution in [3.63, 3.8) is 0 Å². The summed E-state index contributed by atoms with van der Waals surface area (Å²) < 4.78 is 0. The third kappa shape index (κ3) is 2.74. The summed E-state index contributed by atoms with van der Waals surface area (Å²) in [5.41, 5.74) is 3.57. The van der Waals surface area contributed by atoms with Crippen molar-refractivity contribution in [1.29, 1.82) is 0 Å². The van der Waals surface area contributed by atoms with E-state index in [2.05, 4.69) is 46.0 Å². The Bertz CT molecular complexity index is 866. The van der Waals surface area contributed by atoms with E-state index in [0.717, 1.165) is 22.1 Å². The molecule has 6 rings (SSSR count). The van der Waals surface area contributed by atoms with Crippen molar-refractivity contribution in [2.45, 2.75) is 51.6 Å². The lowest BCUT2D eigenvalue weighted by Crippen LogP contribution is -2.60. The number of hydrogen-bond acceptors (Lipinski definition) is 4. The Morgan fingerprint density at radius 3 is 2.41 bits per heavy atom. The fraction of sp³-hybridized carbons (Fsp3) is 0.545. The lowest BCUT2D eigenvalue weighted by atomic mass is 9.75. The van der Waals surface area contributed by atoms with Crippen LogP contribution in [0.1, 0.15) is 50.3 Å². The molecule has 0 saturated carbocycles. The molecule has 1 aromatic carbocycles. The van der Waals surface area contributed by atoms with Crippen LogP contribution in [0.5, 0.6) is 0 Å². The summed E-state index contributed by atoms with van der Waals surface area (Å²) in [5.74, 6) is 1.27. The van der Waals surface area contributed by atoms with Crippen LogP contribution in [-0.4, -0.2) is 52.4 Å². The Labute approximate surface area is 165 Å². The Balaban J connectivity index is 1.53. The van der Waals surface area contributed by atoms with Crippen molar-refractivity contribution >= 4 is 17.2 Å². The minimum atomic E-state index is 0.205. The first-order chi connectivity index (χ1) is 13.0. The molecule has 3 atom stereocenters. The molecule has 1 amide bonds. The van der Waals surface area contributed by atoms with E-state index >= 15 is 0 Å². The molecule has 5 heteroatoms. The zero-order chi connectivity index (χ0) is 18.7. The number of aryl methyl sites for hydroxylation is 3. The average Bonchev–Trinajstić information content (AvgIpc) is 3.24. The second kappa shape index (κ2) is 6.42. The average molecular weight is 382 g/mol. The molecule has 4 fully saturated rings. The quantitative estimate of drug-likeness (QED) is 0.794. The smallest absolute Gasteiger partial charge is 0.266 e. The van der Waals surface area contributed by atoms with Crippen LogP contribution in [0.2, 0.25) is 0 Å². The van der Waals surface area contributed by atoms with Gasteiger partial charge in [0.25, 0.3) is 5.91 Å². The number of aromatic nitrogens is 1. The van der Waals surface area contributed by atoms with Crippen LogP contribution >= 0.6 is 11.3 Å². The number of nitrogens with zero attached hydrogens (tertiary/aromatic N) is 3. The van der Waals surface area contributed by atoms with Crippen molar-refractivity contribution in [1.82, 2.24) is 14.8 Å². The number of carbonyl (C=O) groups excluding carboxylic acids is 1. The molecular weight excluding hydrogens is 354 g/mol. The van der Waals surface area contributed by atoms with Crippen LogP contribution < -0.4 is 0 Å². The number of rotatable bonds is 2. The van der Waals surface area contributed by atoms with Gasteiger partial charge in [0.05, 0.1) is 16.7 Å². The van der Waals surface area contributed by atoms with Gasteiger partial charge in [-0.05, 0) is 58.2 Å². The Morgan fingerprint density at radius 1 is 1.07 bits per heavy atom. The van der Waals surface area contributed by atoms with Gasteiger partial charge in [0.2, 0.25) is 0 Å². The van der Waals surface area contributed by atoms with Gasteiger partial charge >= 0.3 is 0 Å². The van der Waals surface area contributed by atoms with Gasteiger partial charge in [0.15, 0.2) is 0 Å². The number of likely N-dealkylation sites (tertiary alicyclic amines) is 1. The number of piperidine rings is 3. The molecule has 142 valence electrons. The SMILES string of the molecule is Cc1ccc([C@H]2CN(C(=O)c3sc(C)nc3C)[C@H]3C4CCN(CC4)[C@@H]23)cc1. The number of hydrogen-bond donors (Lipinski definition) is 0. The van der Waals surface area contributed by atoms with Gasteiger partial charge < -0.3 is 4.90 Å². The fourth-order valence-corrected chi connectivity index (χ4v) is 6.50. The standard InChI is InChI=1S/C22H27N3OS/c1-13-4-6-16(7-5-13)18-12-25(22(26)21-14(2)23-15(3)27-21)19-17-8-10-24(11-9-17)20(18)19/h4-7,17-20H,8-12H2,1-3H3/t18-,19+,20+/m1/s1. The number of amides is 1. The van der Waals surface area contributed by atoms with Gasteiger partial charge in [-0.2, -0.15) is 0 Å². The first kappa shape index (κ1) is 17.4. The molecule has 5 heterocycles. The Kier molecular flexibility index (Phi) is 4.13. The fourth-order valence-electron chi connectivity index (χ4n) is 5.62. The highest BCUT2D eigenvalue weighted by Gasteiger charge is 2.54. The van der Waals surface area contributed by atoms with Crippen LogP contribution in [0.25, 0.3) is 0 Å². The summed E-state index contributed by atoms with van der Waals surface area (Å²) in [4.78, 5) is 23.7. The van der Waals surface area contributed by atoms with E-state index in [1.807, 2.05) is 13.8 Å². The van der Waals surface area contributed by atoms with Gasteiger partial charge in [-0.15, -0.1) is 11.3 Å². The first-order valence-electron chi connectivity index (χ1n) is 10.1. The number of carbonyl (C=O) groups is 1. The van der Waals surface area contributed by atoms with E-state index in [4.69, 9.17) is 0 Å². The van der Waals surface area contributed by atoms with Gasteiger partial charge in [0, 0.05) is 18.5 Å². The van der Waals surface area contributed by atoms with Crippen LogP contribution in [0.15, 0.2) is 24.3 Å². The molecule has 2 aromatic rings. The van der Waals surface area contributed by atoms with Gasteiger partial charge in [-0.3, -0.25) is 9.69 Å². The molecule has 1 aromatic heterocycles. The van der Waals surface area contributed by atoms with Gasteiger partial charge in [-0.25, -0.2) is 4.98 Å². The minimum Gasteiger partial charge on any atom is -0.332 e. The Morgan fingerprint density at radius 2 is 1.78 bits per heavy atom. The highest BCUT2D eigenvalue weighted by Crippen LogP contribution is 2.47. The van der Waals surface area contributed by atoms with Gasteiger partial charge in [0.1, 0.15) is 4.88 Å². The molecule has 27 heavy (non-hydrogen) atoms. The van der Waals surface area contributed by atoms with Crippen molar-refractivity contribution < 1.29 is 4.79 Å². The molecule has 4 saturated heterocycles. The van der Waals surface area contributed by atoms with E-state index in [0.29, 0.717) is 23.9 Å². The zero-order valence-electron chi connectivity index (χ0n) is 16.3. The maximum absolute atomic E-state index is 13.5. The predicted molar refractivity (Wildman–Crippen MR) is 108 cm³/mol. The van der Waals surface area contributed by atoms with E-state index in [1.54, 1.807) is 11.3 Å². The lowest BCUT2D eigenvalue weighted by Gasteiger charge is -2.51. The van der Waals surface area contributed by atoms with Crippen LogP contribution in [0.3, 0.4) is 0 Å². The van der Waals surface area contributed by atoms with E-state index in [9.17, 15) is 4.79 Å². The van der Waals surface area contributed by atoms with Crippen molar-refractivity contribution in [2.75, 3.05) is 19.6 Å². The molecule has 4 nitrogen and oxygen atoms in total. The maximum Gasteiger partial charge on any atom is 0.266 e. The molecular formula is C22H27N3OS. The van der Waals surface area contributed by atoms with E-state index < -0.39 is 0 Å². The monoisotopic (exact) mass is 381 g/mol. The normalized spacial score (nSPS) is 32.0. The van der Waals surface area contributed by atoms with Crippen LogP contribution in [0.4, 0.5) is 0 Å². The summed E-state index contributed by atoms with van der Waals surface area (Å²) in [6, 6.07) is 9.79. The first-order valence-corrected chi connectivity index (χ1v) is 10.9. The topological polar surface area (TPSA) is 36.4 Å². The molecule has 4 aliphatic rings. The third-order valence-corrected chi connectivity index (χ3v) is 7.92. The molecule has 0 unspecified atom stereocenters. The molecule has 4 aliphatic heterocycles. The number of benzene rings is 1. The third-order valence-electron chi connectivity index (χ3n) is 6.86. The van der Waals surface area contributed by atoms with Crippen molar-refractivity contribution in [3.05, 3.63) is 51.0 Å². The van der Waals surface area contributed by atoms with Crippen LogP contribution in [-0.2, 0) is 0 Å². The molecule has 0 spiro atoms. The maximum atomic E-state index is 13.5. The largest absolute Gasteiger partial charge is 0.332 e. The second-order valence-electron chi connectivity index (χ2n) is 8.48. The minimum absolute atomic E-state index is 0.205. The van der Waals surface area contributed by atoms with Crippen LogP contribution in [0, 0.1) is 26.7 Å². The van der Waals surface area contributed by atoms with E-state index in [1.165, 1.54) is 37.1 Å². The molecule has 2 bridgehead atoms. The number of fused-ring (bicyclic) bond motifs is 2. The summed E-state index contributed by atoms with van der Waals surface area (Å²) in [6.07, 6.45) is 2.46. The van der Waals surface area contributed by atoms with Gasteiger partial charge in [-0.1, -0.05) is 29.8 Å². The Hall–Kier alpha value is -1.72. The lowest BCUT2D eigenvalue weighted by molar-refractivity contribution is -0.00328. The number of thiazole rings is 1. The molecule has 0 N–H and O–H groups in total. The second-order valence-corrected chi connectivity index (χ2v) is 9.68. The highest BCUT2D eigenvalue weighted by atomic mass is 32.1. The van der Waals surface area contributed by atoms with Crippen molar-refractivity contribution in [3.8, 4) is 0 Å². The summed E-state index contributed by atoms with van der Waals surface area (Å²) >= 11 is 1.55. The summed E-state index contributed by atoms with van der Waals surface area (Å²) in [7, 11) is 0. The zero-order valence-corrected chi connectivity index (χ0v) is 17.1. The highest BCUT2D eigenvalue weighted by molar-refractivity contribution is 7.13. The van der Waals surface area contributed by atoms with E-state index in [-0.39, 0.29) is 5.91 Å². The summed E-state index contributed by atoms with van der Waals surface area (Å²) in [5, 5.41) is 0.982. The molecule has 0 aliphatic carbocycles. The van der Waals surface area contributed by atoms with Crippen molar-refractivity contribution in [2.24, 2.45) is 5.92 Å². The summed E-state index contributed by atoms with van der Waals surface area (Å²) in [6.45, 7) is 9.31. The predicted octanol–water partition coefficient (Wildman–Crippen LogP) is 3.77.